The Hall–Kier alpha value is -3.42. The fourth-order valence-corrected chi connectivity index (χ4v) is 2.67. The number of carbonyl (C=O) groups excluding carboxylic acids is 1. The molecule has 1 amide bonds. The maximum absolute atomic E-state index is 12.8. The van der Waals surface area contributed by atoms with E-state index >= 15 is 0 Å². The van der Waals surface area contributed by atoms with E-state index < -0.39 is 11.3 Å². The number of aromatic amines is 1. The summed E-state index contributed by atoms with van der Waals surface area (Å²) >= 11 is 0. The van der Waals surface area contributed by atoms with Crippen molar-refractivity contribution < 1.29 is 14.4 Å². The number of amides is 1. The molecule has 8 heteroatoms. The highest BCUT2D eigenvalue weighted by atomic mass is 16.5. The minimum Gasteiger partial charge on any atom is -0.501 e. The van der Waals surface area contributed by atoms with Gasteiger partial charge in [-0.1, -0.05) is 38.1 Å². The molecule has 1 aromatic carbocycles. The molecule has 0 aliphatic carbocycles. The zero-order chi connectivity index (χ0) is 20.6. The fraction of sp³-hybridized carbons (Fsp3) is 0.300. The summed E-state index contributed by atoms with van der Waals surface area (Å²) in [6.07, 6.45) is 0. The molecule has 0 spiro atoms. The van der Waals surface area contributed by atoms with Crippen molar-refractivity contribution in [3.05, 3.63) is 57.6 Å². The van der Waals surface area contributed by atoms with E-state index in [1.807, 2.05) is 12.1 Å². The molecule has 3 aromatic rings. The van der Waals surface area contributed by atoms with Crippen molar-refractivity contribution >= 4 is 11.9 Å². The summed E-state index contributed by atoms with van der Waals surface area (Å²) in [7, 11) is 1.49. The van der Waals surface area contributed by atoms with Gasteiger partial charge in [-0.05, 0) is 30.0 Å². The average Bonchev–Trinajstić information content (AvgIpc) is 3.08. The monoisotopic (exact) mass is 382 g/mol. The molecule has 3 rings (SSSR count). The van der Waals surface area contributed by atoms with Gasteiger partial charge in [0.05, 0.1) is 0 Å². The lowest BCUT2D eigenvalue weighted by atomic mass is 9.86. The van der Waals surface area contributed by atoms with E-state index in [1.165, 1.54) is 18.0 Å². The number of rotatable bonds is 3. The normalized spacial score (nSPS) is 11.5. The van der Waals surface area contributed by atoms with E-state index in [4.69, 9.17) is 4.52 Å². The van der Waals surface area contributed by atoms with Crippen molar-refractivity contribution in [3.8, 4) is 17.1 Å². The highest BCUT2D eigenvalue weighted by molar-refractivity contribution is 6.04. The quantitative estimate of drug-likeness (QED) is 0.720. The maximum Gasteiger partial charge on any atom is 0.295 e. The summed E-state index contributed by atoms with van der Waals surface area (Å²) in [5.74, 6) is -0.450. The smallest absolute Gasteiger partial charge is 0.295 e. The SMILES string of the molecule is Cc1cc(-c2nc(N(C)C(=O)c3ccc(C(C)(C)C)cc3)[nH]c(=O)c2O)no1. The first kappa shape index (κ1) is 19.3. The summed E-state index contributed by atoms with van der Waals surface area (Å²) < 4.78 is 4.98. The Kier molecular flexibility index (Phi) is 4.80. The van der Waals surface area contributed by atoms with Crippen LogP contribution < -0.4 is 10.5 Å². The minimum atomic E-state index is -0.775. The first-order valence-corrected chi connectivity index (χ1v) is 8.73. The molecule has 0 radical (unpaired) electrons. The van der Waals surface area contributed by atoms with Crippen LogP contribution in [0, 0.1) is 6.92 Å². The predicted octanol–water partition coefficient (Wildman–Crippen LogP) is 3.01. The number of hydrogen-bond acceptors (Lipinski definition) is 6. The number of nitrogens with one attached hydrogen (secondary N) is 1. The largest absolute Gasteiger partial charge is 0.501 e. The Morgan fingerprint density at radius 2 is 1.86 bits per heavy atom. The number of nitrogens with zero attached hydrogens (tertiary/aromatic N) is 3. The molecule has 0 bridgehead atoms. The van der Waals surface area contributed by atoms with Gasteiger partial charge in [-0.2, -0.15) is 0 Å². The Labute approximate surface area is 161 Å². The highest BCUT2D eigenvalue weighted by Crippen LogP contribution is 2.26. The van der Waals surface area contributed by atoms with Crippen LogP contribution in [0.25, 0.3) is 11.4 Å². The summed E-state index contributed by atoms with van der Waals surface area (Å²) in [6, 6.07) is 8.81. The van der Waals surface area contributed by atoms with E-state index in [1.54, 1.807) is 19.1 Å². The number of hydrogen-bond donors (Lipinski definition) is 2. The van der Waals surface area contributed by atoms with Gasteiger partial charge in [-0.15, -0.1) is 0 Å². The molecule has 0 saturated heterocycles. The number of H-pyrrole nitrogens is 1. The summed E-state index contributed by atoms with van der Waals surface area (Å²) in [5, 5.41) is 13.8. The molecule has 0 aliphatic heterocycles. The highest BCUT2D eigenvalue weighted by Gasteiger charge is 2.22. The molecule has 2 heterocycles. The number of aromatic hydroxyl groups is 1. The Bertz CT molecular complexity index is 1070. The Morgan fingerprint density at radius 1 is 1.21 bits per heavy atom. The molecule has 2 N–H and O–H groups in total. The second-order valence-electron chi connectivity index (χ2n) is 7.60. The van der Waals surface area contributed by atoms with Crippen LogP contribution in [0.5, 0.6) is 5.75 Å². The van der Waals surface area contributed by atoms with Crippen molar-refractivity contribution in [2.45, 2.75) is 33.1 Å². The standard InChI is InChI=1S/C20H22N4O4/c1-11-10-14(23-28-11)15-16(25)17(26)22-19(21-15)24(5)18(27)12-6-8-13(9-7-12)20(2,3)4/h6-10,25H,1-5H3,(H,21,22,26). The van der Waals surface area contributed by atoms with Gasteiger partial charge in [0.1, 0.15) is 17.1 Å². The van der Waals surface area contributed by atoms with Crippen molar-refractivity contribution in [3.63, 3.8) is 0 Å². The molecule has 28 heavy (non-hydrogen) atoms. The van der Waals surface area contributed by atoms with Crippen LogP contribution in [0.2, 0.25) is 0 Å². The topological polar surface area (TPSA) is 112 Å². The molecule has 0 aliphatic rings. The first-order chi connectivity index (χ1) is 13.1. The van der Waals surface area contributed by atoms with Gasteiger partial charge < -0.3 is 9.63 Å². The maximum atomic E-state index is 12.8. The third-order valence-corrected chi connectivity index (χ3v) is 4.37. The molecular weight excluding hydrogens is 360 g/mol. The van der Waals surface area contributed by atoms with Crippen molar-refractivity contribution in [1.82, 2.24) is 15.1 Å². The van der Waals surface area contributed by atoms with E-state index in [9.17, 15) is 14.7 Å². The molecule has 0 atom stereocenters. The van der Waals surface area contributed by atoms with Gasteiger partial charge in [0.2, 0.25) is 11.7 Å². The first-order valence-electron chi connectivity index (χ1n) is 8.73. The van der Waals surface area contributed by atoms with E-state index in [0.29, 0.717) is 11.3 Å². The van der Waals surface area contributed by atoms with Gasteiger partial charge in [-0.3, -0.25) is 19.5 Å². The lowest BCUT2D eigenvalue weighted by Crippen LogP contribution is -2.30. The van der Waals surface area contributed by atoms with Crippen LogP contribution in [0.4, 0.5) is 5.95 Å². The van der Waals surface area contributed by atoms with Gasteiger partial charge in [-0.25, -0.2) is 4.98 Å². The number of carbonyl (C=O) groups is 1. The zero-order valence-electron chi connectivity index (χ0n) is 16.4. The van der Waals surface area contributed by atoms with E-state index in [0.717, 1.165) is 5.56 Å². The number of benzene rings is 1. The number of aromatic nitrogens is 3. The van der Waals surface area contributed by atoms with E-state index in [-0.39, 0.29) is 28.7 Å². The second kappa shape index (κ2) is 6.95. The van der Waals surface area contributed by atoms with Crippen molar-refractivity contribution in [2.24, 2.45) is 0 Å². The summed E-state index contributed by atoms with van der Waals surface area (Å²) in [6.45, 7) is 7.95. The van der Waals surface area contributed by atoms with E-state index in [2.05, 4.69) is 35.9 Å². The van der Waals surface area contributed by atoms with Gasteiger partial charge >= 0.3 is 0 Å². The molecule has 0 unspecified atom stereocenters. The average molecular weight is 382 g/mol. The molecule has 0 saturated carbocycles. The minimum absolute atomic E-state index is 0.0108. The zero-order valence-corrected chi connectivity index (χ0v) is 16.4. The van der Waals surface area contributed by atoms with Gasteiger partial charge in [0, 0.05) is 18.7 Å². The van der Waals surface area contributed by atoms with Crippen LogP contribution in [-0.4, -0.2) is 33.2 Å². The van der Waals surface area contributed by atoms with Crippen LogP contribution in [-0.2, 0) is 5.41 Å². The van der Waals surface area contributed by atoms with Crippen LogP contribution >= 0.6 is 0 Å². The van der Waals surface area contributed by atoms with Crippen molar-refractivity contribution in [1.29, 1.82) is 0 Å². The molecule has 146 valence electrons. The summed E-state index contributed by atoms with van der Waals surface area (Å²) in [4.78, 5) is 32.8. The third kappa shape index (κ3) is 3.66. The third-order valence-electron chi connectivity index (χ3n) is 4.37. The van der Waals surface area contributed by atoms with Crippen LogP contribution in [0.1, 0.15) is 42.5 Å². The Morgan fingerprint density at radius 3 is 2.39 bits per heavy atom. The summed E-state index contributed by atoms with van der Waals surface area (Å²) in [5.41, 5.74) is 0.901. The molecule has 0 fully saturated rings. The molecule has 2 aromatic heterocycles. The van der Waals surface area contributed by atoms with Crippen molar-refractivity contribution in [2.75, 3.05) is 11.9 Å². The van der Waals surface area contributed by atoms with Crippen LogP contribution in [0.15, 0.2) is 39.6 Å². The lowest BCUT2D eigenvalue weighted by Gasteiger charge is -2.20. The van der Waals surface area contributed by atoms with Gasteiger partial charge in [0.25, 0.3) is 11.5 Å². The predicted molar refractivity (Wildman–Crippen MR) is 105 cm³/mol. The molecular formula is C20H22N4O4. The fourth-order valence-electron chi connectivity index (χ4n) is 2.67. The van der Waals surface area contributed by atoms with Gasteiger partial charge in [0.15, 0.2) is 0 Å². The second-order valence-corrected chi connectivity index (χ2v) is 7.60. The number of anilines is 1. The van der Waals surface area contributed by atoms with Crippen LogP contribution in [0.3, 0.4) is 0 Å². The number of aryl methyl sites for hydroxylation is 1. The Balaban J connectivity index is 1.96. The molecule has 8 nitrogen and oxygen atoms in total. The lowest BCUT2D eigenvalue weighted by molar-refractivity contribution is 0.0991.